The molecule has 0 unspecified atom stereocenters. The lowest BCUT2D eigenvalue weighted by Crippen LogP contribution is -2.11. The van der Waals surface area contributed by atoms with Crippen molar-refractivity contribution >= 4 is 78.1 Å². The Labute approximate surface area is 421 Å². The van der Waals surface area contributed by atoms with Gasteiger partial charge in [-0.05, 0) is 180 Å². The summed E-state index contributed by atoms with van der Waals surface area (Å²) in [5, 5.41) is 7.36. The number of nitrogens with zero attached hydrogens (tertiary/aromatic N) is 2. The second-order valence-electron chi connectivity index (χ2n) is 18.8. The fraction of sp³-hybridized carbons (Fsp3) is 0.0286. The Balaban J connectivity index is 1.08. The first kappa shape index (κ1) is 42.8. The highest BCUT2D eigenvalue weighted by atomic mass is 15.1. The van der Waals surface area contributed by atoms with Crippen molar-refractivity contribution in [2.24, 2.45) is 0 Å². The second-order valence-corrected chi connectivity index (χ2v) is 18.8. The lowest BCUT2D eigenvalue weighted by molar-refractivity contribution is 1.00. The first-order valence-corrected chi connectivity index (χ1v) is 25.0. The third-order valence-corrected chi connectivity index (χ3v) is 14.5. The number of rotatable bonds is 10. The van der Waals surface area contributed by atoms with Crippen LogP contribution in [-0.4, -0.2) is 0 Å². The fourth-order valence-corrected chi connectivity index (χ4v) is 11.0. The first-order chi connectivity index (χ1) is 35.7. The highest BCUT2D eigenvalue weighted by Gasteiger charge is 2.24. The predicted octanol–water partition coefficient (Wildman–Crippen LogP) is 19.6. The summed E-state index contributed by atoms with van der Waals surface area (Å²) < 4.78 is 0. The van der Waals surface area contributed by atoms with Gasteiger partial charge in [-0.25, -0.2) is 0 Å². The Morgan fingerprint density at radius 3 is 1.24 bits per heavy atom. The van der Waals surface area contributed by atoms with Gasteiger partial charge in [0, 0.05) is 34.1 Å². The molecule has 72 heavy (non-hydrogen) atoms. The average Bonchev–Trinajstić information content (AvgIpc) is 3.46. The van der Waals surface area contributed by atoms with Gasteiger partial charge in [-0.3, -0.25) is 0 Å². The molecule has 0 aliphatic heterocycles. The van der Waals surface area contributed by atoms with Crippen molar-refractivity contribution in [3.05, 3.63) is 290 Å². The topological polar surface area (TPSA) is 6.48 Å². The average molecular weight is 919 g/mol. The Kier molecular flexibility index (Phi) is 11.1. The minimum absolute atomic E-state index is 0.940. The summed E-state index contributed by atoms with van der Waals surface area (Å²) in [4.78, 5) is 4.81. The molecule has 0 spiro atoms. The van der Waals surface area contributed by atoms with Gasteiger partial charge >= 0.3 is 0 Å². The molecular weight excluding hydrogens is 869 g/mol. The lowest BCUT2D eigenvalue weighted by Gasteiger charge is -2.29. The SMILES string of the molecule is C1=C(c2c3cc(N(c4ccccc4)c4ccc(-c5ccccc5)cc4)ccc3c(-c3ccc4ccccc4c3)c3cc(N(c4ccccc4)c4ccc(-c5ccccc5)cc4)ccc23)CCc2ccccc21. The minimum Gasteiger partial charge on any atom is -0.310 e. The molecule has 12 aromatic rings. The summed E-state index contributed by atoms with van der Waals surface area (Å²) >= 11 is 0. The monoisotopic (exact) mass is 918 g/mol. The van der Waals surface area contributed by atoms with Gasteiger partial charge in [-0.2, -0.15) is 0 Å². The van der Waals surface area contributed by atoms with Crippen molar-refractivity contribution in [2.45, 2.75) is 12.8 Å². The van der Waals surface area contributed by atoms with Gasteiger partial charge in [0.2, 0.25) is 0 Å². The maximum absolute atomic E-state index is 2.46. The number of anilines is 6. The molecule has 0 saturated carbocycles. The van der Waals surface area contributed by atoms with Gasteiger partial charge in [0.25, 0.3) is 0 Å². The standard InChI is InChI=1S/C70H50N2/c1-5-17-49(18-6-1)53-33-37-61(38-34-53)71(59-25-9-3-10-26-59)63-41-43-65-67(47-63)69(57-31-29-51-21-13-15-23-55(51)45-57)66-44-42-64(48-68(66)70(65)58-32-30-52-22-14-16-24-56(52)46-58)72(60-27-11-4-12-28-60)62-39-35-54(36-40-62)50-19-7-2-8-20-50/h1-29,31,33-48H,30,32H2. The van der Waals surface area contributed by atoms with E-state index in [0.29, 0.717) is 0 Å². The van der Waals surface area contributed by atoms with Crippen molar-refractivity contribution in [1.82, 2.24) is 0 Å². The maximum Gasteiger partial charge on any atom is 0.0468 e. The van der Waals surface area contributed by atoms with Crippen molar-refractivity contribution < 1.29 is 0 Å². The largest absolute Gasteiger partial charge is 0.310 e. The van der Waals surface area contributed by atoms with E-state index >= 15 is 0 Å². The van der Waals surface area contributed by atoms with Crippen LogP contribution in [0.15, 0.2) is 273 Å². The number of hydrogen-bond donors (Lipinski definition) is 0. The predicted molar refractivity (Wildman–Crippen MR) is 307 cm³/mol. The Hall–Kier alpha value is -9.24. The summed E-state index contributed by atoms with van der Waals surface area (Å²) in [5.74, 6) is 0. The van der Waals surface area contributed by atoms with E-state index in [1.54, 1.807) is 0 Å². The molecule has 2 nitrogen and oxygen atoms in total. The summed E-state index contributed by atoms with van der Waals surface area (Å²) in [5.41, 5.74) is 19.2. The quantitative estimate of drug-likeness (QED) is 0.126. The number of allylic oxidation sites excluding steroid dienone is 1. The number of aryl methyl sites for hydroxylation is 1. The molecular formula is C70H50N2. The van der Waals surface area contributed by atoms with Gasteiger partial charge in [-0.15, -0.1) is 0 Å². The van der Waals surface area contributed by atoms with Crippen LogP contribution in [0.4, 0.5) is 34.1 Å². The highest BCUT2D eigenvalue weighted by Crippen LogP contribution is 2.49. The Bertz CT molecular complexity index is 3940. The van der Waals surface area contributed by atoms with E-state index in [1.807, 2.05) is 0 Å². The Morgan fingerprint density at radius 1 is 0.250 bits per heavy atom. The second kappa shape index (κ2) is 18.6. The van der Waals surface area contributed by atoms with Crippen LogP contribution >= 0.6 is 0 Å². The molecule has 2 heteroatoms. The molecule has 340 valence electrons. The summed E-state index contributed by atoms with van der Waals surface area (Å²) in [6.07, 6.45) is 4.39. The maximum atomic E-state index is 2.46. The molecule has 0 amide bonds. The number of fused-ring (bicyclic) bond motifs is 4. The van der Waals surface area contributed by atoms with Crippen LogP contribution in [0.2, 0.25) is 0 Å². The van der Waals surface area contributed by atoms with Crippen molar-refractivity contribution in [1.29, 1.82) is 0 Å². The van der Waals surface area contributed by atoms with E-state index < -0.39 is 0 Å². The van der Waals surface area contributed by atoms with E-state index in [2.05, 4.69) is 289 Å². The van der Waals surface area contributed by atoms with Crippen molar-refractivity contribution in [3.63, 3.8) is 0 Å². The molecule has 0 N–H and O–H groups in total. The highest BCUT2D eigenvalue weighted by molar-refractivity contribution is 6.21. The van der Waals surface area contributed by atoms with Gasteiger partial charge in [0.15, 0.2) is 0 Å². The normalized spacial score (nSPS) is 12.1. The smallest absolute Gasteiger partial charge is 0.0468 e. The zero-order chi connectivity index (χ0) is 47.8. The number of benzene rings is 12. The number of para-hydroxylation sites is 2. The third kappa shape index (κ3) is 7.99. The van der Waals surface area contributed by atoms with Crippen LogP contribution in [-0.2, 0) is 6.42 Å². The molecule has 0 radical (unpaired) electrons. The molecule has 1 aliphatic rings. The van der Waals surface area contributed by atoms with E-state index in [1.165, 1.54) is 88.0 Å². The van der Waals surface area contributed by atoms with Gasteiger partial charge in [0.1, 0.15) is 0 Å². The van der Waals surface area contributed by atoms with Crippen LogP contribution in [0.5, 0.6) is 0 Å². The molecule has 12 aromatic carbocycles. The van der Waals surface area contributed by atoms with Gasteiger partial charge in [0.05, 0.1) is 0 Å². The van der Waals surface area contributed by atoms with Crippen LogP contribution in [0.3, 0.4) is 0 Å². The summed E-state index contributed by atoms with van der Waals surface area (Å²) in [7, 11) is 0. The molecule has 0 saturated heterocycles. The molecule has 13 rings (SSSR count). The van der Waals surface area contributed by atoms with Crippen LogP contribution in [0.25, 0.3) is 77.3 Å². The number of hydrogen-bond acceptors (Lipinski definition) is 2. The molecule has 0 heterocycles. The molecule has 0 bridgehead atoms. The van der Waals surface area contributed by atoms with Crippen LogP contribution in [0, 0.1) is 0 Å². The minimum atomic E-state index is 0.940. The zero-order valence-corrected chi connectivity index (χ0v) is 39.9. The molecule has 1 aliphatic carbocycles. The van der Waals surface area contributed by atoms with Crippen molar-refractivity contribution in [3.8, 4) is 33.4 Å². The van der Waals surface area contributed by atoms with E-state index in [-0.39, 0.29) is 0 Å². The summed E-state index contributed by atoms with van der Waals surface area (Å²) in [6, 6.07) is 99.9. The first-order valence-electron chi connectivity index (χ1n) is 25.0. The zero-order valence-electron chi connectivity index (χ0n) is 39.9. The van der Waals surface area contributed by atoms with Gasteiger partial charge < -0.3 is 9.80 Å². The molecule has 0 aromatic heterocycles. The van der Waals surface area contributed by atoms with E-state index in [9.17, 15) is 0 Å². The summed E-state index contributed by atoms with van der Waals surface area (Å²) in [6.45, 7) is 0. The lowest BCUT2D eigenvalue weighted by atomic mass is 9.81. The van der Waals surface area contributed by atoms with E-state index in [0.717, 1.165) is 47.0 Å². The van der Waals surface area contributed by atoms with Crippen molar-refractivity contribution in [2.75, 3.05) is 9.80 Å². The van der Waals surface area contributed by atoms with E-state index in [4.69, 9.17) is 0 Å². The Morgan fingerprint density at radius 2 is 0.667 bits per heavy atom. The van der Waals surface area contributed by atoms with Gasteiger partial charge in [-0.1, -0.05) is 200 Å². The fourth-order valence-electron chi connectivity index (χ4n) is 11.0. The van der Waals surface area contributed by atoms with Crippen LogP contribution < -0.4 is 9.80 Å². The molecule has 0 fully saturated rings. The van der Waals surface area contributed by atoms with Crippen LogP contribution in [0.1, 0.15) is 23.1 Å². The molecule has 0 atom stereocenters. The third-order valence-electron chi connectivity index (χ3n) is 14.5.